The van der Waals surface area contributed by atoms with Gasteiger partial charge in [0.1, 0.15) is 0 Å². The van der Waals surface area contributed by atoms with Gasteiger partial charge in [-0.2, -0.15) is 0 Å². The van der Waals surface area contributed by atoms with Crippen molar-refractivity contribution in [3.8, 4) is 11.1 Å². The molecule has 2 rings (SSSR count). The maximum atomic E-state index is 6.10. The van der Waals surface area contributed by atoms with E-state index in [1.54, 1.807) is 0 Å². The van der Waals surface area contributed by atoms with Gasteiger partial charge < -0.3 is 0 Å². The fraction of sp³-hybridized carbons (Fsp3) is 0.200. The highest BCUT2D eigenvalue weighted by molar-refractivity contribution is 9.10. The molecule has 0 amide bonds. The van der Waals surface area contributed by atoms with Crippen molar-refractivity contribution in [3.63, 3.8) is 0 Å². The van der Waals surface area contributed by atoms with Crippen LogP contribution in [0, 0.1) is 0 Å². The molecule has 0 nitrogen and oxygen atoms in total. The molecule has 0 N–H and O–H groups in total. The van der Waals surface area contributed by atoms with Crippen molar-refractivity contribution in [2.24, 2.45) is 0 Å². The monoisotopic (exact) mass is 308 g/mol. The Hall–Kier alpha value is -0.790. The zero-order chi connectivity index (χ0) is 12.3. The summed E-state index contributed by atoms with van der Waals surface area (Å²) in [6, 6.07) is 14.7. The van der Waals surface area contributed by atoms with Crippen LogP contribution >= 0.6 is 27.5 Å². The molecule has 0 aliphatic heterocycles. The van der Waals surface area contributed by atoms with Crippen LogP contribution in [0.2, 0.25) is 5.02 Å². The van der Waals surface area contributed by atoms with E-state index < -0.39 is 0 Å². The predicted octanol–water partition coefficient (Wildman–Crippen LogP) is 5.72. The Morgan fingerprint density at radius 2 is 1.65 bits per heavy atom. The highest BCUT2D eigenvalue weighted by Crippen LogP contribution is 2.28. The van der Waals surface area contributed by atoms with Gasteiger partial charge in [-0.3, -0.25) is 0 Å². The molecule has 88 valence electrons. The third-order valence-electron chi connectivity index (χ3n) is 2.75. The van der Waals surface area contributed by atoms with Crippen LogP contribution in [-0.2, 0) is 6.42 Å². The second-order valence-corrected chi connectivity index (χ2v) is 5.34. The lowest BCUT2D eigenvalue weighted by Gasteiger charge is -2.05. The summed E-state index contributed by atoms with van der Waals surface area (Å²) >= 11 is 9.50. The molecule has 0 saturated heterocycles. The van der Waals surface area contributed by atoms with Gasteiger partial charge in [0, 0.05) is 4.47 Å². The van der Waals surface area contributed by atoms with Gasteiger partial charge >= 0.3 is 0 Å². The van der Waals surface area contributed by atoms with Gasteiger partial charge in [-0.1, -0.05) is 55.3 Å². The highest BCUT2D eigenvalue weighted by atomic mass is 79.9. The summed E-state index contributed by atoms with van der Waals surface area (Å²) in [5.74, 6) is 0. The Kier molecular flexibility index (Phi) is 4.25. The molecule has 0 bridgehead atoms. The van der Waals surface area contributed by atoms with Crippen molar-refractivity contribution in [2.75, 3.05) is 0 Å². The minimum absolute atomic E-state index is 0.750. The van der Waals surface area contributed by atoms with Gasteiger partial charge in [0.25, 0.3) is 0 Å². The lowest BCUT2D eigenvalue weighted by Crippen LogP contribution is -1.84. The fourth-order valence-corrected chi connectivity index (χ4v) is 2.26. The molecule has 0 aliphatic rings. The van der Waals surface area contributed by atoms with Gasteiger partial charge in [0.05, 0.1) is 5.02 Å². The summed E-state index contributed by atoms with van der Waals surface area (Å²) < 4.78 is 0.936. The summed E-state index contributed by atoms with van der Waals surface area (Å²) in [4.78, 5) is 0. The first kappa shape index (κ1) is 12.7. The summed E-state index contributed by atoms with van der Waals surface area (Å²) in [7, 11) is 0. The lowest BCUT2D eigenvalue weighted by atomic mass is 10.0. The number of aryl methyl sites for hydroxylation is 1. The summed E-state index contributed by atoms with van der Waals surface area (Å²) in [6.07, 6.45) is 2.32. The largest absolute Gasteiger partial charge is 0.0831 e. The summed E-state index contributed by atoms with van der Waals surface area (Å²) in [5.41, 5.74) is 3.75. The molecule has 0 spiro atoms. The van der Waals surface area contributed by atoms with Crippen molar-refractivity contribution in [2.45, 2.75) is 19.8 Å². The molecule has 0 atom stereocenters. The molecular weight excluding hydrogens is 296 g/mol. The first-order valence-corrected chi connectivity index (χ1v) is 6.92. The molecule has 0 unspecified atom stereocenters. The second kappa shape index (κ2) is 5.70. The number of hydrogen-bond donors (Lipinski definition) is 0. The summed E-state index contributed by atoms with van der Waals surface area (Å²) in [6.45, 7) is 2.20. The first-order chi connectivity index (χ1) is 8.20. The maximum absolute atomic E-state index is 6.10. The second-order valence-electron chi connectivity index (χ2n) is 4.08. The van der Waals surface area contributed by atoms with E-state index >= 15 is 0 Å². The van der Waals surface area contributed by atoms with Crippen LogP contribution in [0.15, 0.2) is 46.9 Å². The Bertz CT molecular complexity index is 503. The van der Waals surface area contributed by atoms with Gasteiger partial charge in [0.2, 0.25) is 0 Å². The van der Waals surface area contributed by atoms with Crippen LogP contribution in [0.3, 0.4) is 0 Å². The van der Waals surface area contributed by atoms with Crippen LogP contribution in [0.25, 0.3) is 11.1 Å². The van der Waals surface area contributed by atoms with Crippen LogP contribution < -0.4 is 0 Å². The topological polar surface area (TPSA) is 0 Å². The molecular formula is C15H14BrCl. The van der Waals surface area contributed by atoms with Gasteiger partial charge in [-0.05, 0) is 51.2 Å². The molecule has 2 heteroatoms. The van der Waals surface area contributed by atoms with Crippen LogP contribution in [0.4, 0.5) is 0 Å². The average molecular weight is 310 g/mol. The van der Waals surface area contributed by atoms with E-state index in [0.717, 1.165) is 21.5 Å². The van der Waals surface area contributed by atoms with Crippen LogP contribution in [-0.4, -0.2) is 0 Å². The molecule has 0 radical (unpaired) electrons. The van der Waals surface area contributed by atoms with Crippen molar-refractivity contribution >= 4 is 27.5 Å². The minimum atomic E-state index is 0.750. The lowest BCUT2D eigenvalue weighted by molar-refractivity contribution is 0.922. The smallest absolute Gasteiger partial charge is 0.0554 e. The van der Waals surface area contributed by atoms with E-state index in [0.29, 0.717) is 0 Å². The Balaban J connectivity index is 2.30. The number of halogens is 2. The van der Waals surface area contributed by atoms with Gasteiger partial charge in [-0.25, -0.2) is 0 Å². The average Bonchev–Trinajstić information content (AvgIpc) is 2.34. The van der Waals surface area contributed by atoms with E-state index in [1.165, 1.54) is 17.5 Å². The molecule has 0 saturated carbocycles. The summed E-state index contributed by atoms with van der Waals surface area (Å²) in [5, 5.41) is 0.750. The van der Waals surface area contributed by atoms with E-state index in [4.69, 9.17) is 11.6 Å². The molecule has 17 heavy (non-hydrogen) atoms. The zero-order valence-electron chi connectivity index (χ0n) is 9.71. The zero-order valence-corrected chi connectivity index (χ0v) is 12.1. The standard InChI is InChI=1S/C15H14BrCl/c1-2-3-11-4-6-12(7-5-11)13-8-9-14(16)15(17)10-13/h4-10H,2-3H2,1H3. The van der Waals surface area contributed by atoms with E-state index in [-0.39, 0.29) is 0 Å². The third kappa shape index (κ3) is 3.11. The Morgan fingerprint density at radius 3 is 2.24 bits per heavy atom. The normalized spacial score (nSPS) is 10.5. The number of benzene rings is 2. The number of rotatable bonds is 3. The predicted molar refractivity (Wildman–Crippen MR) is 78.6 cm³/mol. The van der Waals surface area contributed by atoms with Crippen molar-refractivity contribution in [3.05, 3.63) is 57.5 Å². The van der Waals surface area contributed by atoms with E-state index in [2.05, 4.69) is 53.2 Å². The highest BCUT2D eigenvalue weighted by Gasteiger charge is 2.01. The molecule has 0 heterocycles. The fourth-order valence-electron chi connectivity index (χ4n) is 1.83. The van der Waals surface area contributed by atoms with Crippen molar-refractivity contribution < 1.29 is 0 Å². The Labute approximate surface area is 116 Å². The third-order valence-corrected chi connectivity index (χ3v) is 3.98. The quantitative estimate of drug-likeness (QED) is 0.680. The Morgan fingerprint density at radius 1 is 1.00 bits per heavy atom. The van der Waals surface area contributed by atoms with Crippen molar-refractivity contribution in [1.29, 1.82) is 0 Å². The molecule has 0 fully saturated rings. The van der Waals surface area contributed by atoms with E-state index in [1.807, 2.05) is 12.1 Å². The van der Waals surface area contributed by atoms with E-state index in [9.17, 15) is 0 Å². The maximum Gasteiger partial charge on any atom is 0.0554 e. The van der Waals surface area contributed by atoms with Gasteiger partial charge in [-0.15, -0.1) is 0 Å². The molecule has 2 aromatic rings. The molecule has 0 aliphatic carbocycles. The van der Waals surface area contributed by atoms with Crippen LogP contribution in [0.5, 0.6) is 0 Å². The SMILES string of the molecule is CCCc1ccc(-c2ccc(Br)c(Cl)c2)cc1. The van der Waals surface area contributed by atoms with Crippen molar-refractivity contribution in [1.82, 2.24) is 0 Å². The van der Waals surface area contributed by atoms with Gasteiger partial charge in [0.15, 0.2) is 0 Å². The molecule has 0 aromatic heterocycles. The minimum Gasteiger partial charge on any atom is -0.0831 e. The van der Waals surface area contributed by atoms with Crippen LogP contribution in [0.1, 0.15) is 18.9 Å². The number of hydrogen-bond acceptors (Lipinski definition) is 0. The molecule has 2 aromatic carbocycles. The first-order valence-electron chi connectivity index (χ1n) is 5.75.